The summed E-state index contributed by atoms with van der Waals surface area (Å²) in [5.74, 6) is 0.455. The molecule has 152 valence electrons. The van der Waals surface area contributed by atoms with Gasteiger partial charge in [-0.25, -0.2) is 8.42 Å². The number of carbonyl (C=O) groups is 1. The first-order valence-corrected chi connectivity index (χ1v) is 12.2. The fourth-order valence-electron chi connectivity index (χ4n) is 5.36. The van der Waals surface area contributed by atoms with Crippen molar-refractivity contribution in [1.29, 1.82) is 0 Å². The van der Waals surface area contributed by atoms with Crippen molar-refractivity contribution < 1.29 is 17.9 Å². The number of ether oxygens (including phenoxy) is 1. The van der Waals surface area contributed by atoms with Crippen molar-refractivity contribution in [2.45, 2.75) is 54.8 Å². The number of allylic oxidation sites excluding steroid dienone is 2. The molecule has 0 amide bonds. The lowest BCUT2D eigenvalue weighted by atomic mass is 9.93. The van der Waals surface area contributed by atoms with Crippen molar-refractivity contribution in [2.24, 2.45) is 17.8 Å². The van der Waals surface area contributed by atoms with Gasteiger partial charge in [-0.3, -0.25) is 4.79 Å². The van der Waals surface area contributed by atoms with E-state index in [0.29, 0.717) is 23.7 Å². The van der Waals surface area contributed by atoms with Crippen LogP contribution in [0.4, 0.5) is 0 Å². The highest BCUT2D eigenvalue weighted by Gasteiger charge is 2.44. The molecule has 29 heavy (non-hydrogen) atoms. The molecule has 2 bridgehead atoms. The summed E-state index contributed by atoms with van der Waals surface area (Å²) < 4.78 is 32.8. The molecule has 5 heteroatoms. The second-order valence-corrected chi connectivity index (χ2v) is 10.9. The van der Waals surface area contributed by atoms with Crippen molar-refractivity contribution >= 4 is 26.6 Å². The second kappa shape index (κ2) is 7.28. The maximum atomic E-state index is 13.5. The topological polar surface area (TPSA) is 60.4 Å². The highest BCUT2D eigenvalue weighted by molar-refractivity contribution is 7.92. The number of hydrogen-bond acceptors (Lipinski definition) is 4. The summed E-state index contributed by atoms with van der Waals surface area (Å²) in [6, 6.07) is 13.0. The largest absolute Gasteiger partial charge is 0.461 e. The van der Waals surface area contributed by atoms with E-state index in [4.69, 9.17) is 4.74 Å². The number of esters is 1. The van der Waals surface area contributed by atoms with Crippen LogP contribution in [0, 0.1) is 17.8 Å². The molecule has 4 nitrogen and oxygen atoms in total. The molecule has 0 spiro atoms. The quantitative estimate of drug-likeness (QED) is 0.542. The molecule has 0 aromatic heterocycles. The Bertz CT molecular complexity index is 1070. The zero-order valence-electron chi connectivity index (χ0n) is 16.4. The second-order valence-electron chi connectivity index (χ2n) is 8.74. The average Bonchev–Trinajstić information content (AvgIpc) is 3.37. The summed E-state index contributed by atoms with van der Waals surface area (Å²) >= 11 is 0. The Hall–Kier alpha value is -2.14. The lowest BCUT2D eigenvalue weighted by Gasteiger charge is -2.32. The highest BCUT2D eigenvalue weighted by Crippen LogP contribution is 2.44. The maximum Gasteiger partial charge on any atom is 0.309 e. The van der Waals surface area contributed by atoms with Crippen LogP contribution >= 0.6 is 0 Å². The van der Waals surface area contributed by atoms with Crippen LogP contribution in [0.2, 0.25) is 0 Å². The molecular formula is C24H26O4S. The number of carbonyl (C=O) groups excluding carboxylic acids is 1. The fourth-order valence-corrected chi connectivity index (χ4v) is 7.33. The molecule has 3 aliphatic rings. The molecule has 2 aromatic rings. The van der Waals surface area contributed by atoms with Crippen molar-refractivity contribution in [2.75, 3.05) is 0 Å². The summed E-state index contributed by atoms with van der Waals surface area (Å²) in [6.07, 6.45) is 8.57. The number of fused-ring (bicyclic) bond motifs is 3. The third-order valence-corrected chi connectivity index (χ3v) is 9.19. The zero-order valence-corrected chi connectivity index (χ0v) is 17.2. The van der Waals surface area contributed by atoms with E-state index in [1.54, 1.807) is 12.1 Å². The van der Waals surface area contributed by atoms with Crippen LogP contribution in [0.15, 0.2) is 59.5 Å². The van der Waals surface area contributed by atoms with Gasteiger partial charge < -0.3 is 4.74 Å². The molecule has 0 saturated heterocycles. The van der Waals surface area contributed by atoms with Gasteiger partial charge in [0.25, 0.3) is 0 Å². The third kappa shape index (κ3) is 3.39. The molecule has 2 fully saturated rings. The van der Waals surface area contributed by atoms with Crippen molar-refractivity contribution in [3.8, 4) is 0 Å². The first-order chi connectivity index (χ1) is 14.0. The van der Waals surface area contributed by atoms with Crippen LogP contribution in [0.25, 0.3) is 10.8 Å². The average molecular weight is 411 g/mol. The Balaban J connectivity index is 1.39. The summed E-state index contributed by atoms with van der Waals surface area (Å²) in [7, 11) is -3.57. The molecule has 0 radical (unpaired) electrons. The molecule has 0 unspecified atom stereocenters. The van der Waals surface area contributed by atoms with E-state index in [-0.39, 0.29) is 17.8 Å². The van der Waals surface area contributed by atoms with E-state index in [0.717, 1.165) is 36.5 Å². The molecule has 0 aliphatic heterocycles. The number of rotatable bonds is 4. The van der Waals surface area contributed by atoms with Gasteiger partial charge in [-0.05, 0) is 66.8 Å². The van der Waals surface area contributed by atoms with Gasteiger partial charge in [0, 0.05) is 0 Å². The van der Waals surface area contributed by atoms with Crippen LogP contribution in [0.5, 0.6) is 0 Å². The van der Waals surface area contributed by atoms with Gasteiger partial charge in [0.2, 0.25) is 0 Å². The van der Waals surface area contributed by atoms with Crippen LogP contribution in [0.1, 0.15) is 38.5 Å². The van der Waals surface area contributed by atoms with E-state index in [9.17, 15) is 13.2 Å². The molecule has 5 atom stereocenters. The van der Waals surface area contributed by atoms with Crippen LogP contribution in [-0.4, -0.2) is 25.7 Å². The standard InChI is InChI=1S/C24H26O4S/c25-24(21-14-16-9-10-19(21)13-16)28-22-7-3-4-8-23(22)29(26,27)20-12-11-17-5-1-2-6-18(17)15-20/h1-2,5-6,9-12,15-16,19,21-23H,3-4,7-8,13-14H2/t16-,19+,21+,22+,23+/m1/s1. The van der Waals surface area contributed by atoms with Crippen LogP contribution in [0.3, 0.4) is 0 Å². The van der Waals surface area contributed by atoms with Gasteiger partial charge in [0.15, 0.2) is 9.84 Å². The lowest BCUT2D eigenvalue weighted by molar-refractivity contribution is -0.156. The van der Waals surface area contributed by atoms with Gasteiger partial charge in [-0.1, -0.05) is 48.9 Å². The van der Waals surface area contributed by atoms with Crippen LogP contribution in [-0.2, 0) is 19.4 Å². The lowest BCUT2D eigenvalue weighted by Crippen LogP contribution is -2.41. The number of benzene rings is 2. The Labute approximate surface area is 171 Å². The third-order valence-electron chi connectivity index (χ3n) is 6.94. The van der Waals surface area contributed by atoms with Crippen molar-refractivity contribution in [3.05, 3.63) is 54.6 Å². The van der Waals surface area contributed by atoms with E-state index in [2.05, 4.69) is 12.2 Å². The highest BCUT2D eigenvalue weighted by atomic mass is 32.2. The Morgan fingerprint density at radius 3 is 2.48 bits per heavy atom. The summed E-state index contributed by atoms with van der Waals surface area (Å²) in [6.45, 7) is 0. The predicted octanol–water partition coefficient (Wildman–Crippen LogP) is 4.68. The minimum atomic E-state index is -3.57. The summed E-state index contributed by atoms with van der Waals surface area (Å²) in [5.41, 5.74) is 0. The molecular weight excluding hydrogens is 384 g/mol. The minimum Gasteiger partial charge on any atom is -0.461 e. The van der Waals surface area contributed by atoms with E-state index >= 15 is 0 Å². The van der Waals surface area contributed by atoms with Gasteiger partial charge in [0.05, 0.1) is 10.8 Å². The van der Waals surface area contributed by atoms with Gasteiger partial charge in [-0.15, -0.1) is 0 Å². The summed E-state index contributed by atoms with van der Waals surface area (Å²) in [4.78, 5) is 13.2. The Morgan fingerprint density at radius 1 is 0.931 bits per heavy atom. The maximum absolute atomic E-state index is 13.5. The molecule has 5 rings (SSSR count). The molecule has 3 aliphatic carbocycles. The van der Waals surface area contributed by atoms with E-state index < -0.39 is 21.2 Å². The first-order valence-electron chi connectivity index (χ1n) is 10.6. The smallest absolute Gasteiger partial charge is 0.309 e. The Morgan fingerprint density at radius 2 is 1.72 bits per heavy atom. The fraction of sp³-hybridized carbons (Fsp3) is 0.458. The first kappa shape index (κ1) is 18.9. The van der Waals surface area contributed by atoms with Gasteiger partial charge >= 0.3 is 5.97 Å². The number of hydrogen-bond donors (Lipinski definition) is 0. The molecule has 0 N–H and O–H groups in total. The van der Waals surface area contributed by atoms with Gasteiger partial charge in [0.1, 0.15) is 11.4 Å². The van der Waals surface area contributed by atoms with Crippen LogP contribution < -0.4 is 0 Å². The normalized spacial score (nSPS) is 31.2. The van der Waals surface area contributed by atoms with E-state index in [1.165, 1.54) is 0 Å². The molecule has 0 heterocycles. The predicted molar refractivity (Wildman–Crippen MR) is 112 cm³/mol. The number of sulfone groups is 1. The molecule has 2 aromatic carbocycles. The SMILES string of the molecule is O=C(O[C@H]1CCCC[C@@H]1S(=O)(=O)c1ccc2ccccc2c1)[C@H]1C[C@@H]2C=C[C@H]1C2. The van der Waals surface area contributed by atoms with Crippen molar-refractivity contribution in [1.82, 2.24) is 0 Å². The van der Waals surface area contributed by atoms with Gasteiger partial charge in [-0.2, -0.15) is 0 Å². The monoisotopic (exact) mass is 410 g/mol. The Kier molecular flexibility index (Phi) is 4.73. The minimum absolute atomic E-state index is 0.101. The zero-order chi connectivity index (χ0) is 20.0. The molecule has 2 saturated carbocycles. The van der Waals surface area contributed by atoms with Crippen molar-refractivity contribution in [3.63, 3.8) is 0 Å². The van der Waals surface area contributed by atoms with E-state index in [1.807, 2.05) is 30.3 Å². The summed E-state index contributed by atoms with van der Waals surface area (Å²) in [5, 5.41) is 1.27.